The molecule has 0 aromatic carbocycles. The lowest BCUT2D eigenvalue weighted by atomic mass is 9.79. The van der Waals surface area contributed by atoms with Crippen LogP contribution >= 0.6 is 0 Å². The van der Waals surface area contributed by atoms with Crippen LogP contribution in [0.3, 0.4) is 0 Å². The van der Waals surface area contributed by atoms with E-state index in [1.54, 1.807) is 13.1 Å². The van der Waals surface area contributed by atoms with Gasteiger partial charge in [0.1, 0.15) is 35.2 Å². The average Bonchev–Trinajstić information content (AvgIpc) is 3.28. The standard InChI is InChI=1S/C20H21F5N8/c1-11-17-18(33(30-11)7-14(21)22)29-16(6-26-17)32-9-19(10-32)3-4-31(8-19)15-5-13(20(23,24)25)27-12(2)28-15/h5-6,14H,3-4,7-10H2,1-2H3. The first-order chi connectivity index (χ1) is 15.5. The maximum atomic E-state index is 13.1. The van der Waals surface area contributed by atoms with Crippen molar-refractivity contribution >= 4 is 22.8 Å². The maximum Gasteiger partial charge on any atom is 0.433 e. The van der Waals surface area contributed by atoms with E-state index >= 15 is 0 Å². The van der Waals surface area contributed by atoms with Crippen molar-refractivity contribution in [2.75, 3.05) is 36.0 Å². The average molecular weight is 468 g/mol. The van der Waals surface area contributed by atoms with E-state index in [-0.39, 0.29) is 17.1 Å². The van der Waals surface area contributed by atoms with Crippen LogP contribution in [0.5, 0.6) is 0 Å². The Bertz CT molecular complexity index is 1200. The Balaban J connectivity index is 1.32. The van der Waals surface area contributed by atoms with Gasteiger partial charge in [0.15, 0.2) is 5.65 Å². The highest BCUT2D eigenvalue weighted by Crippen LogP contribution is 2.43. The molecule has 0 amide bonds. The first kappa shape index (κ1) is 21.7. The van der Waals surface area contributed by atoms with Crippen LogP contribution in [-0.2, 0) is 12.7 Å². The van der Waals surface area contributed by atoms with Gasteiger partial charge < -0.3 is 9.80 Å². The third kappa shape index (κ3) is 3.93. The quantitative estimate of drug-likeness (QED) is 0.545. The van der Waals surface area contributed by atoms with Crippen LogP contribution in [-0.4, -0.2) is 62.3 Å². The Labute approximate surface area is 185 Å². The van der Waals surface area contributed by atoms with Crippen LogP contribution in [0.1, 0.15) is 23.6 Å². The molecule has 2 aliphatic heterocycles. The molecular formula is C20H21F5N8. The summed E-state index contributed by atoms with van der Waals surface area (Å²) in [6.45, 7) is 5.03. The summed E-state index contributed by atoms with van der Waals surface area (Å²) in [6, 6.07) is 0.994. The minimum atomic E-state index is -4.53. The number of rotatable bonds is 4. The molecule has 5 rings (SSSR count). The minimum Gasteiger partial charge on any atom is -0.356 e. The number of nitrogens with zero attached hydrogens (tertiary/aromatic N) is 8. The number of hydrogen-bond acceptors (Lipinski definition) is 7. The van der Waals surface area contributed by atoms with E-state index in [4.69, 9.17) is 0 Å². The lowest BCUT2D eigenvalue weighted by Gasteiger charge is -2.48. The summed E-state index contributed by atoms with van der Waals surface area (Å²) in [4.78, 5) is 20.5. The molecular weight excluding hydrogens is 447 g/mol. The van der Waals surface area contributed by atoms with Gasteiger partial charge in [-0.25, -0.2) is 33.4 Å². The molecule has 5 heterocycles. The molecule has 0 radical (unpaired) electrons. The van der Waals surface area contributed by atoms with Crippen molar-refractivity contribution in [3.8, 4) is 0 Å². The number of aryl methyl sites for hydroxylation is 2. The second-order valence-corrected chi connectivity index (χ2v) is 8.74. The van der Waals surface area contributed by atoms with Gasteiger partial charge in [-0.2, -0.15) is 18.3 Å². The molecule has 2 fully saturated rings. The molecule has 2 saturated heterocycles. The SMILES string of the molecule is Cc1nc(N2CCC3(C2)CN(c2cnc4c(C)nn(CC(F)F)c4n2)C3)cc(C(F)(F)F)n1. The van der Waals surface area contributed by atoms with Crippen molar-refractivity contribution in [3.05, 3.63) is 29.5 Å². The lowest BCUT2D eigenvalue weighted by molar-refractivity contribution is -0.141. The summed E-state index contributed by atoms with van der Waals surface area (Å²) in [6.07, 6.45) is -4.68. The van der Waals surface area contributed by atoms with Gasteiger partial charge in [0, 0.05) is 37.7 Å². The van der Waals surface area contributed by atoms with Crippen molar-refractivity contribution in [2.45, 2.75) is 39.4 Å². The zero-order valence-electron chi connectivity index (χ0n) is 17.9. The van der Waals surface area contributed by atoms with Gasteiger partial charge in [0.2, 0.25) is 0 Å². The number of fused-ring (bicyclic) bond motifs is 1. The second kappa shape index (κ2) is 7.45. The van der Waals surface area contributed by atoms with E-state index in [0.29, 0.717) is 48.9 Å². The number of alkyl halides is 5. The van der Waals surface area contributed by atoms with Gasteiger partial charge in [-0.3, -0.25) is 0 Å². The third-order valence-electron chi connectivity index (χ3n) is 6.16. The zero-order valence-corrected chi connectivity index (χ0v) is 17.9. The van der Waals surface area contributed by atoms with Crippen LogP contribution in [0, 0.1) is 19.3 Å². The van der Waals surface area contributed by atoms with Gasteiger partial charge in [0.05, 0.1) is 11.9 Å². The number of aromatic nitrogens is 6. The molecule has 2 aliphatic rings. The van der Waals surface area contributed by atoms with Crippen LogP contribution in [0.15, 0.2) is 12.3 Å². The predicted octanol–water partition coefficient (Wildman–Crippen LogP) is 3.23. The van der Waals surface area contributed by atoms with Gasteiger partial charge in [-0.05, 0) is 20.3 Å². The molecule has 0 saturated carbocycles. The lowest BCUT2D eigenvalue weighted by Crippen LogP contribution is -2.58. The Kier molecular flexibility index (Phi) is 4.90. The molecule has 33 heavy (non-hydrogen) atoms. The molecule has 0 unspecified atom stereocenters. The molecule has 1 spiro atoms. The fourth-order valence-corrected chi connectivity index (χ4v) is 4.67. The van der Waals surface area contributed by atoms with Crippen molar-refractivity contribution < 1.29 is 22.0 Å². The van der Waals surface area contributed by atoms with Crippen molar-refractivity contribution in [1.82, 2.24) is 29.7 Å². The van der Waals surface area contributed by atoms with Gasteiger partial charge in [-0.1, -0.05) is 0 Å². The van der Waals surface area contributed by atoms with Crippen molar-refractivity contribution in [1.29, 1.82) is 0 Å². The summed E-state index contributed by atoms with van der Waals surface area (Å²) < 4.78 is 66.4. The smallest absolute Gasteiger partial charge is 0.356 e. The van der Waals surface area contributed by atoms with E-state index in [1.807, 2.05) is 9.80 Å². The van der Waals surface area contributed by atoms with E-state index in [9.17, 15) is 22.0 Å². The maximum absolute atomic E-state index is 13.1. The Morgan fingerprint density at radius 2 is 1.76 bits per heavy atom. The minimum absolute atomic E-state index is 0.0790. The summed E-state index contributed by atoms with van der Waals surface area (Å²) in [5, 5.41) is 4.11. The number of anilines is 2. The van der Waals surface area contributed by atoms with Crippen LogP contribution in [0.25, 0.3) is 11.2 Å². The highest BCUT2D eigenvalue weighted by molar-refractivity contribution is 5.75. The second-order valence-electron chi connectivity index (χ2n) is 8.74. The number of hydrogen-bond donors (Lipinski definition) is 0. The van der Waals surface area contributed by atoms with E-state index in [2.05, 4.69) is 25.0 Å². The first-order valence-corrected chi connectivity index (χ1v) is 10.4. The van der Waals surface area contributed by atoms with Crippen LogP contribution in [0.4, 0.5) is 33.6 Å². The van der Waals surface area contributed by atoms with E-state index in [0.717, 1.165) is 12.5 Å². The molecule has 0 bridgehead atoms. The van der Waals surface area contributed by atoms with Gasteiger partial charge in [0.25, 0.3) is 6.43 Å². The predicted molar refractivity (Wildman–Crippen MR) is 109 cm³/mol. The molecule has 3 aromatic heterocycles. The fourth-order valence-electron chi connectivity index (χ4n) is 4.67. The van der Waals surface area contributed by atoms with Gasteiger partial charge >= 0.3 is 6.18 Å². The summed E-state index contributed by atoms with van der Waals surface area (Å²) >= 11 is 0. The summed E-state index contributed by atoms with van der Waals surface area (Å²) in [5.74, 6) is 0.923. The molecule has 13 heteroatoms. The Hall–Kier alpha value is -3.12. The van der Waals surface area contributed by atoms with E-state index < -0.39 is 24.8 Å². The Morgan fingerprint density at radius 3 is 2.45 bits per heavy atom. The van der Waals surface area contributed by atoms with Crippen molar-refractivity contribution in [2.24, 2.45) is 5.41 Å². The molecule has 8 nitrogen and oxygen atoms in total. The molecule has 3 aromatic rings. The highest BCUT2D eigenvalue weighted by atomic mass is 19.4. The van der Waals surface area contributed by atoms with Crippen LogP contribution < -0.4 is 9.80 Å². The normalized spacial score (nSPS) is 18.1. The first-order valence-electron chi connectivity index (χ1n) is 10.4. The number of halogens is 5. The topological polar surface area (TPSA) is 75.9 Å². The monoisotopic (exact) mass is 468 g/mol. The summed E-state index contributed by atoms with van der Waals surface area (Å²) in [7, 11) is 0. The summed E-state index contributed by atoms with van der Waals surface area (Å²) in [5.41, 5.74) is 0.291. The zero-order chi connectivity index (χ0) is 23.5. The molecule has 0 atom stereocenters. The van der Waals surface area contributed by atoms with Gasteiger partial charge in [-0.15, -0.1) is 0 Å². The Morgan fingerprint density at radius 1 is 1.03 bits per heavy atom. The fraction of sp³-hybridized carbons (Fsp3) is 0.550. The molecule has 176 valence electrons. The molecule has 0 N–H and O–H groups in total. The van der Waals surface area contributed by atoms with E-state index in [1.165, 1.54) is 11.6 Å². The van der Waals surface area contributed by atoms with Crippen LogP contribution in [0.2, 0.25) is 0 Å². The highest BCUT2D eigenvalue weighted by Gasteiger charge is 2.49. The molecule has 0 aliphatic carbocycles. The third-order valence-corrected chi connectivity index (χ3v) is 6.16. The largest absolute Gasteiger partial charge is 0.433 e. The van der Waals surface area contributed by atoms with Crippen molar-refractivity contribution in [3.63, 3.8) is 0 Å².